The molecule has 33 heavy (non-hydrogen) atoms. The summed E-state index contributed by atoms with van der Waals surface area (Å²) < 4.78 is 5.46. The summed E-state index contributed by atoms with van der Waals surface area (Å²) in [5.74, 6) is 0.845. The maximum Gasteiger partial charge on any atom is 0.318 e. The van der Waals surface area contributed by atoms with Gasteiger partial charge in [0, 0.05) is 29.7 Å². The number of urea groups is 1. The lowest BCUT2D eigenvalue weighted by molar-refractivity contribution is 0.179. The molecule has 1 atom stereocenters. The van der Waals surface area contributed by atoms with Crippen LogP contribution >= 0.6 is 0 Å². The van der Waals surface area contributed by atoms with Crippen molar-refractivity contribution in [3.8, 4) is 5.75 Å². The van der Waals surface area contributed by atoms with E-state index in [1.165, 1.54) is 22.1 Å². The van der Waals surface area contributed by atoms with E-state index < -0.39 is 0 Å². The SMILES string of the molecule is COc1ccc2[nH]c3c(c2c1)CCN(C(=O)NCCc1ccccc1)[C@@H]3c1ccc(C)cc1. The first-order valence-electron chi connectivity index (χ1n) is 11.5. The number of aromatic nitrogens is 1. The minimum Gasteiger partial charge on any atom is -0.497 e. The molecule has 0 bridgehead atoms. The van der Waals surface area contributed by atoms with Crippen molar-refractivity contribution in [2.24, 2.45) is 0 Å². The van der Waals surface area contributed by atoms with E-state index in [9.17, 15) is 4.79 Å². The van der Waals surface area contributed by atoms with Crippen LogP contribution in [0.5, 0.6) is 5.75 Å². The van der Waals surface area contributed by atoms with Crippen molar-refractivity contribution < 1.29 is 9.53 Å². The van der Waals surface area contributed by atoms with Gasteiger partial charge in [-0.2, -0.15) is 0 Å². The van der Waals surface area contributed by atoms with Gasteiger partial charge >= 0.3 is 6.03 Å². The number of nitrogens with zero attached hydrogens (tertiary/aromatic N) is 1. The molecule has 1 aliphatic rings. The Labute approximate surface area is 194 Å². The highest BCUT2D eigenvalue weighted by atomic mass is 16.5. The van der Waals surface area contributed by atoms with Gasteiger partial charge in [0.15, 0.2) is 0 Å². The highest BCUT2D eigenvalue weighted by Crippen LogP contribution is 2.39. The third-order valence-corrected chi connectivity index (χ3v) is 6.52. The molecule has 0 saturated heterocycles. The summed E-state index contributed by atoms with van der Waals surface area (Å²) in [5.41, 5.74) is 6.96. The number of hydrogen-bond donors (Lipinski definition) is 2. The first kappa shape index (κ1) is 21.1. The van der Waals surface area contributed by atoms with Crippen molar-refractivity contribution in [1.82, 2.24) is 15.2 Å². The predicted octanol–water partition coefficient (Wildman–Crippen LogP) is 5.38. The number of carbonyl (C=O) groups is 1. The van der Waals surface area contributed by atoms with Crippen molar-refractivity contribution in [2.45, 2.75) is 25.8 Å². The molecule has 0 saturated carbocycles. The second-order valence-corrected chi connectivity index (χ2v) is 8.65. The van der Waals surface area contributed by atoms with Gasteiger partial charge in [0.25, 0.3) is 0 Å². The van der Waals surface area contributed by atoms with Crippen molar-refractivity contribution in [1.29, 1.82) is 0 Å². The van der Waals surface area contributed by atoms with Gasteiger partial charge in [-0.15, -0.1) is 0 Å². The van der Waals surface area contributed by atoms with E-state index in [-0.39, 0.29) is 12.1 Å². The van der Waals surface area contributed by atoms with Crippen LogP contribution < -0.4 is 10.1 Å². The molecule has 0 radical (unpaired) electrons. The van der Waals surface area contributed by atoms with E-state index in [0.717, 1.165) is 35.4 Å². The molecular weight excluding hydrogens is 410 g/mol. The molecule has 1 aromatic heterocycles. The molecule has 4 aromatic rings. The average Bonchev–Trinajstić information content (AvgIpc) is 3.22. The number of H-pyrrole nitrogens is 1. The van der Waals surface area contributed by atoms with Crippen LogP contribution in [0.1, 0.15) is 34.0 Å². The monoisotopic (exact) mass is 439 g/mol. The van der Waals surface area contributed by atoms with Crippen LogP contribution in [0.15, 0.2) is 72.8 Å². The molecule has 2 heterocycles. The molecule has 5 nitrogen and oxygen atoms in total. The molecule has 0 spiro atoms. The zero-order valence-electron chi connectivity index (χ0n) is 19.1. The maximum absolute atomic E-state index is 13.3. The summed E-state index contributed by atoms with van der Waals surface area (Å²) in [6.45, 7) is 3.35. The molecule has 5 heteroatoms. The van der Waals surface area contributed by atoms with Gasteiger partial charge in [-0.05, 0) is 54.7 Å². The zero-order chi connectivity index (χ0) is 22.8. The number of carbonyl (C=O) groups excluding carboxylic acids is 1. The Hall–Kier alpha value is -3.73. The van der Waals surface area contributed by atoms with Crippen LogP contribution in [0.25, 0.3) is 10.9 Å². The van der Waals surface area contributed by atoms with Gasteiger partial charge in [0.2, 0.25) is 0 Å². The van der Waals surface area contributed by atoms with E-state index in [4.69, 9.17) is 4.74 Å². The number of methoxy groups -OCH3 is 1. The number of amides is 2. The number of aryl methyl sites for hydroxylation is 1. The third kappa shape index (κ3) is 4.19. The lowest BCUT2D eigenvalue weighted by atomic mass is 9.92. The van der Waals surface area contributed by atoms with Crippen molar-refractivity contribution in [3.63, 3.8) is 0 Å². The minimum absolute atomic E-state index is 0.0293. The lowest BCUT2D eigenvalue weighted by Crippen LogP contribution is -2.46. The van der Waals surface area contributed by atoms with E-state index in [1.807, 2.05) is 29.2 Å². The highest BCUT2D eigenvalue weighted by molar-refractivity contribution is 5.87. The molecular formula is C28H29N3O2. The zero-order valence-corrected chi connectivity index (χ0v) is 19.1. The first-order chi connectivity index (χ1) is 16.1. The van der Waals surface area contributed by atoms with Crippen LogP contribution in [-0.2, 0) is 12.8 Å². The fourth-order valence-corrected chi connectivity index (χ4v) is 4.77. The fraction of sp³-hybridized carbons (Fsp3) is 0.250. The fourth-order valence-electron chi connectivity index (χ4n) is 4.77. The number of fused-ring (bicyclic) bond motifs is 3. The molecule has 168 valence electrons. The number of rotatable bonds is 5. The Morgan fingerprint density at radius 1 is 1.09 bits per heavy atom. The maximum atomic E-state index is 13.3. The van der Waals surface area contributed by atoms with Crippen molar-refractivity contribution in [2.75, 3.05) is 20.2 Å². The van der Waals surface area contributed by atoms with Gasteiger partial charge in [-0.25, -0.2) is 4.79 Å². The average molecular weight is 440 g/mol. The Kier molecular flexibility index (Phi) is 5.78. The standard InChI is InChI=1S/C28H29N3O2/c1-19-8-10-21(11-9-19)27-26-23(24-18-22(33-2)12-13-25(24)30-26)15-17-31(27)28(32)29-16-14-20-6-4-3-5-7-20/h3-13,18,27,30H,14-17H2,1-2H3,(H,29,32)/t27-/m1/s1. The largest absolute Gasteiger partial charge is 0.497 e. The van der Waals surface area contributed by atoms with E-state index >= 15 is 0 Å². The summed E-state index contributed by atoms with van der Waals surface area (Å²) in [4.78, 5) is 18.9. The Balaban J connectivity index is 1.46. The molecule has 2 amide bonds. The van der Waals surface area contributed by atoms with Crippen LogP contribution in [0.4, 0.5) is 4.79 Å². The third-order valence-electron chi connectivity index (χ3n) is 6.52. The second-order valence-electron chi connectivity index (χ2n) is 8.65. The predicted molar refractivity (Wildman–Crippen MR) is 132 cm³/mol. The number of aromatic amines is 1. The highest BCUT2D eigenvalue weighted by Gasteiger charge is 2.34. The number of hydrogen-bond acceptors (Lipinski definition) is 2. The van der Waals surface area contributed by atoms with Gasteiger partial charge in [-0.1, -0.05) is 60.2 Å². The normalized spacial score (nSPS) is 15.3. The molecule has 0 unspecified atom stereocenters. The van der Waals surface area contributed by atoms with Crippen LogP contribution in [-0.4, -0.2) is 36.1 Å². The van der Waals surface area contributed by atoms with Gasteiger partial charge in [-0.3, -0.25) is 0 Å². The summed E-state index contributed by atoms with van der Waals surface area (Å²) in [7, 11) is 1.69. The van der Waals surface area contributed by atoms with Gasteiger partial charge in [0.05, 0.1) is 13.2 Å². The number of ether oxygens (including phenoxy) is 1. The quantitative estimate of drug-likeness (QED) is 0.438. The van der Waals surface area contributed by atoms with Crippen LogP contribution in [0.2, 0.25) is 0 Å². The summed E-state index contributed by atoms with van der Waals surface area (Å²) >= 11 is 0. The molecule has 2 N–H and O–H groups in total. The number of nitrogens with one attached hydrogen (secondary N) is 2. The summed E-state index contributed by atoms with van der Waals surface area (Å²) in [6.07, 6.45) is 1.62. The van der Waals surface area contributed by atoms with E-state index in [2.05, 4.69) is 65.8 Å². The molecule has 0 aliphatic carbocycles. The molecule has 5 rings (SSSR count). The second kappa shape index (κ2) is 9.02. The van der Waals surface area contributed by atoms with E-state index in [0.29, 0.717) is 13.1 Å². The smallest absolute Gasteiger partial charge is 0.318 e. The topological polar surface area (TPSA) is 57.4 Å². The molecule has 0 fully saturated rings. The first-order valence-corrected chi connectivity index (χ1v) is 11.5. The summed E-state index contributed by atoms with van der Waals surface area (Å²) in [6, 6.07) is 24.7. The van der Waals surface area contributed by atoms with Crippen molar-refractivity contribution in [3.05, 3.63) is 101 Å². The Morgan fingerprint density at radius 2 is 1.88 bits per heavy atom. The van der Waals surface area contributed by atoms with Gasteiger partial charge < -0.3 is 19.9 Å². The molecule has 3 aromatic carbocycles. The van der Waals surface area contributed by atoms with Crippen molar-refractivity contribution >= 4 is 16.9 Å². The lowest BCUT2D eigenvalue weighted by Gasteiger charge is -2.36. The minimum atomic E-state index is -0.163. The van der Waals surface area contributed by atoms with Crippen LogP contribution in [0.3, 0.4) is 0 Å². The Bertz CT molecular complexity index is 1260. The van der Waals surface area contributed by atoms with E-state index in [1.54, 1.807) is 7.11 Å². The van der Waals surface area contributed by atoms with Gasteiger partial charge in [0.1, 0.15) is 5.75 Å². The molecule has 1 aliphatic heterocycles. The summed E-state index contributed by atoms with van der Waals surface area (Å²) in [5, 5.41) is 4.32. The Morgan fingerprint density at radius 3 is 2.64 bits per heavy atom. The van der Waals surface area contributed by atoms with Crippen LogP contribution in [0, 0.1) is 6.92 Å². The number of benzene rings is 3.